The van der Waals surface area contributed by atoms with E-state index in [0.29, 0.717) is 23.8 Å². The third kappa shape index (κ3) is 4.81. The fourth-order valence-electron chi connectivity index (χ4n) is 2.32. The van der Waals surface area contributed by atoms with E-state index in [1.54, 1.807) is 29.1 Å². The molecule has 2 saturated carbocycles. The Kier molecular flexibility index (Phi) is 4.82. The summed E-state index contributed by atoms with van der Waals surface area (Å²) in [6.45, 7) is 0.463. The number of likely N-dealkylation sites (N-methyl/N-ethyl adjacent to an activating group) is 2. The van der Waals surface area contributed by atoms with Gasteiger partial charge < -0.3 is 20.4 Å². The van der Waals surface area contributed by atoms with E-state index in [9.17, 15) is 9.59 Å². The van der Waals surface area contributed by atoms with E-state index in [2.05, 4.69) is 20.6 Å². The maximum Gasteiger partial charge on any atom is 0.239 e. The van der Waals surface area contributed by atoms with Gasteiger partial charge in [0.15, 0.2) is 0 Å². The molecule has 130 valence electrons. The fraction of sp³-hybridized carbons (Fsp3) is 0.625. The lowest BCUT2D eigenvalue weighted by molar-refractivity contribution is -0.120. The molecule has 2 amide bonds. The highest BCUT2D eigenvalue weighted by Crippen LogP contribution is 2.19. The Hall–Kier alpha value is -2.38. The van der Waals surface area contributed by atoms with Crippen molar-refractivity contribution in [3.8, 4) is 0 Å². The molecule has 3 rings (SSSR count). The Bertz CT molecular complexity index is 565. The van der Waals surface area contributed by atoms with Gasteiger partial charge in [-0.25, -0.2) is 4.98 Å². The van der Waals surface area contributed by atoms with Crippen LogP contribution < -0.4 is 20.4 Å². The molecule has 2 aliphatic carbocycles. The molecular weight excluding hydrogens is 308 g/mol. The summed E-state index contributed by atoms with van der Waals surface area (Å²) in [5.41, 5.74) is 0. The van der Waals surface area contributed by atoms with Gasteiger partial charge in [0, 0.05) is 32.4 Å². The van der Waals surface area contributed by atoms with Crippen LogP contribution in [0.4, 0.5) is 11.8 Å². The van der Waals surface area contributed by atoms with Crippen LogP contribution in [0.2, 0.25) is 0 Å². The normalized spacial score (nSPS) is 16.4. The molecule has 0 atom stereocenters. The van der Waals surface area contributed by atoms with Crippen molar-refractivity contribution in [1.29, 1.82) is 0 Å². The number of carbonyl (C=O) groups excluding carboxylic acids is 2. The van der Waals surface area contributed by atoms with Crippen LogP contribution >= 0.6 is 0 Å². The van der Waals surface area contributed by atoms with Crippen molar-refractivity contribution in [3.63, 3.8) is 0 Å². The number of hydrogen-bond donors (Lipinski definition) is 2. The first kappa shape index (κ1) is 16.5. The van der Waals surface area contributed by atoms with Gasteiger partial charge in [0.2, 0.25) is 17.8 Å². The van der Waals surface area contributed by atoms with Crippen LogP contribution in [0.15, 0.2) is 12.3 Å². The minimum absolute atomic E-state index is 0.00247. The molecule has 2 aliphatic rings. The monoisotopic (exact) mass is 332 g/mol. The molecule has 0 radical (unpaired) electrons. The molecule has 0 unspecified atom stereocenters. The molecule has 0 spiro atoms. The molecule has 0 bridgehead atoms. The largest absolute Gasteiger partial charge is 0.352 e. The van der Waals surface area contributed by atoms with Crippen LogP contribution in [0, 0.1) is 0 Å². The molecule has 0 aliphatic heterocycles. The van der Waals surface area contributed by atoms with Crippen LogP contribution in [0.25, 0.3) is 0 Å². The number of nitrogens with zero attached hydrogens (tertiary/aromatic N) is 4. The molecule has 1 heterocycles. The van der Waals surface area contributed by atoms with Crippen LogP contribution in [0.5, 0.6) is 0 Å². The van der Waals surface area contributed by atoms with Crippen molar-refractivity contribution >= 4 is 23.6 Å². The third-order valence-corrected chi connectivity index (χ3v) is 4.01. The summed E-state index contributed by atoms with van der Waals surface area (Å²) < 4.78 is 0. The lowest BCUT2D eigenvalue weighted by atomic mass is 10.4. The maximum atomic E-state index is 11.9. The highest BCUT2D eigenvalue weighted by atomic mass is 16.2. The summed E-state index contributed by atoms with van der Waals surface area (Å²) in [7, 11) is 3.60. The predicted octanol–water partition coefficient (Wildman–Crippen LogP) is -0.0938. The second kappa shape index (κ2) is 7.02. The fourth-order valence-corrected chi connectivity index (χ4v) is 2.32. The van der Waals surface area contributed by atoms with E-state index in [-0.39, 0.29) is 24.9 Å². The summed E-state index contributed by atoms with van der Waals surface area (Å²) in [5, 5.41) is 5.90. The summed E-state index contributed by atoms with van der Waals surface area (Å²) in [6.07, 6.45) is 5.91. The van der Waals surface area contributed by atoms with E-state index in [0.717, 1.165) is 25.7 Å². The number of hydrogen-bond acceptors (Lipinski definition) is 6. The number of rotatable bonds is 8. The van der Waals surface area contributed by atoms with Gasteiger partial charge in [-0.1, -0.05) is 0 Å². The third-order valence-electron chi connectivity index (χ3n) is 4.01. The van der Waals surface area contributed by atoms with Gasteiger partial charge >= 0.3 is 0 Å². The Labute approximate surface area is 141 Å². The summed E-state index contributed by atoms with van der Waals surface area (Å²) in [5.74, 6) is 1.09. The van der Waals surface area contributed by atoms with Gasteiger partial charge in [0.25, 0.3) is 0 Å². The molecule has 1 aromatic heterocycles. The van der Waals surface area contributed by atoms with Crippen molar-refractivity contribution in [2.24, 2.45) is 0 Å². The molecule has 1 aromatic rings. The smallest absolute Gasteiger partial charge is 0.239 e. The van der Waals surface area contributed by atoms with Gasteiger partial charge in [0.1, 0.15) is 5.82 Å². The molecule has 2 N–H and O–H groups in total. The first-order valence-corrected chi connectivity index (χ1v) is 8.35. The zero-order valence-electron chi connectivity index (χ0n) is 14.2. The predicted molar refractivity (Wildman–Crippen MR) is 90.9 cm³/mol. The van der Waals surface area contributed by atoms with Crippen molar-refractivity contribution in [2.45, 2.75) is 37.8 Å². The van der Waals surface area contributed by atoms with E-state index in [4.69, 9.17) is 0 Å². The summed E-state index contributed by atoms with van der Waals surface area (Å²) in [6, 6.07) is 2.45. The van der Waals surface area contributed by atoms with Gasteiger partial charge in [-0.15, -0.1) is 0 Å². The van der Waals surface area contributed by atoms with E-state index in [1.807, 2.05) is 7.05 Å². The number of carbonyl (C=O) groups is 2. The quantitative estimate of drug-likeness (QED) is 0.691. The minimum atomic E-state index is -0.0221. The van der Waals surface area contributed by atoms with Crippen LogP contribution in [-0.2, 0) is 9.59 Å². The van der Waals surface area contributed by atoms with Crippen molar-refractivity contribution in [1.82, 2.24) is 20.6 Å². The zero-order valence-corrected chi connectivity index (χ0v) is 14.2. The molecule has 8 heteroatoms. The standard InChI is InChI=1S/C16H24N6O2/c1-21(9-14(23)18-11-3-4-11)13-7-8-17-16(20-13)22(2)10-15(24)19-12-5-6-12/h7-8,11-12H,3-6,9-10H2,1-2H3,(H,18,23)(H,19,24). The lowest BCUT2D eigenvalue weighted by Gasteiger charge is -2.21. The highest BCUT2D eigenvalue weighted by molar-refractivity contribution is 5.82. The molecule has 2 fully saturated rings. The molecular formula is C16H24N6O2. The Morgan fingerprint density at radius 2 is 1.58 bits per heavy atom. The number of amides is 2. The Balaban J connectivity index is 1.55. The van der Waals surface area contributed by atoms with Crippen molar-refractivity contribution in [2.75, 3.05) is 37.0 Å². The topological polar surface area (TPSA) is 90.5 Å². The van der Waals surface area contributed by atoms with Gasteiger partial charge in [-0.3, -0.25) is 9.59 Å². The molecule has 8 nitrogen and oxygen atoms in total. The Morgan fingerprint density at radius 1 is 1.04 bits per heavy atom. The summed E-state index contributed by atoms with van der Waals surface area (Å²) in [4.78, 5) is 35.9. The van der Waals surface area contributed by atoms with Crippen LogP contribution in [0.1, 0.15) is 25.7 Å². The number of aromatic nitrogens is 2. The minimum Gasteiger partial charge on any atom is -0.352 e. The average molecular weight is 332 g/mol. The van der Waals surface area contributed by atoms with E-state index in [1.165, 1.54) is 0 Å². The Morgan fingerprint density at radius 3 is 2.12 bits per heavy atom. The summed E-state index contributed by atoms with van der Waals surface area (Å²) >= 11 is 0. The van der Waals surface area contributed by atoms with Crippen molar-refractivity contribution < 1.29 is 9.59 Å². The van der Waals surface area contributed by atoms with Crippen molar-refractivity contribution in [3.05, 3.63) is 12.3 Å². The van der Waals surface area contributed by atoms with Gasteiger partial charge in [-0.2, -0.15) is 4.98 Å². The lowest BCUT2D eigenvalue weighted by Crippen LogP contribution is -2.38. The SMILES string of the molecule is CN(CC(=O)NC1CC1)c1ccnc(N(C)CC(=O)NC2CC2)n1. The number of nitrogens with one attached hydrogen (secondary N) is 2. The second-order valence-electron chi connectivity index (χ2n) is 6.61. The molecule has 0 saturated heterocycles. The first-order valence-electron chi connectivity index (χ1n) is 8.35. The molecule has 0 aromatic carbocycles. The van der Waals surface area contributed by atoms with Gasteiger partial charge in [0.05, 0.1) is 13.1 Å². The molecule has 24 heavy (non-hydrogen) atoms. The second-order valence-corrected chi connectivity index (χ2v) is 6.61. The van der Waals surface area contributed by atoms with Crippen LogP contribution in [0.3, 0.4) is 0 Å². The van der Waals surface area contributed by atoms with E-state index >= 15 is 0 Å². The van der Waals surface area contributed by atoms with Gasteiger partial charge in [-0.05, 0) is 31.7 Å². The van der Waals surface area contributed by atoms with E-state index < -0.39 is 0 Å². The average Bonchev–Trinajstić information content (AvgIpc) is 3.44. The zero-order chi connectivity index (χ0) is 17.1. The highest BCUT2D eigenvalue weighted by Gasteiger charge is 2.25. The number of anilines is 2. The van der Waals surface area contributed by atoms with Crippen LogP contribution in [-0.4, -0.2) is 61.1 Å². The first-order chi connectivity index (χ1) is 11.5. The maximum absolute atomic E-state index is 11.9.